The van der Waals surface area contributed by atoms with Crippen LogP contribution in [-0.2, 0) is 0 Å². The number of hydrogen-bond donors (Lipinski definition) is 0. The summed E-state index contributed by atoms with van der Waals surface area (Å²) in [6.45, 7) is 4.33. The molecule has 0 N–H and O–H groups in total. The molecule has 3 rings (SSSR count). The summed E-state index contributed by atoms with van der Waals surface area (Å²) in [4.78, 5) is 0. The van der Waals surface area contributed by atoms with E-state index in [-0.39, 0.29) is 0 Å². The quantitative estimate of drug-likeness (QED) is 0.519. The van der Waals surface area contributed by atoms with Crippen LogP contribution in [0.15, 0.2) is 84.9 Å². The lowest BCUT2D eigenvalue weighted by Gasteiger charge is -2.14. The first-order valence-electron chi connectivity index (χ1n) is 7.64. The Bertz CT molecular complexity index is 763. The van der Waals surface area contributed by atoms with Gasteiger partial charge in [-0.15, -0.1) is 0 Å². The number of hydrogen-bond acceptors (Lipinski definition) is 0. The molecule has 0 fully saturated rings. The monoisotopic (exact) mass is 284 g/mol. The van der Waals surface area contributed by atoms with Gasteiger partial charge in [0.15, 0.2) is 0 Å². The number of allylic oxidation sites excluding steroid dienone is 1. The molecular formula is C22H20. The molecule has 0 bridgehead atoms. The van der Waals surface area contributed by atoms with E-state index in [1.807, 2.05) is 0 Å². The van der Waals surface area contributed by atoms with Gasteiger partial charge >= 0.3 is 0 Å². The van der Waals surface area contributed by atoms with Gasteiger partial charge in [-0.3, -0.25) is 0 Å². The molecule has 0 unspecified atom stereocenters. The first-order valence-corrected chi connectivity index (χ1v) is 7.64. The van der Waals surface area contributed by atoms with Crippen LogP contribution in [0.3, 0.4) is 0 Å². The van der Waals surface area contributed by atoms with Gasteiger partial charge in [-0.25, -0.2) is 0 Å². The fourth-order valence-corrected chi connectivity index (χ4v) is 2.76. The first kappa shape index (κ1) is 14.3. The summed E-state index contributed by atoms with van der Waals surface area (Å²) in [6.07, 6.45) is 0. The topological polar surface area (TPSA) is 0 Å². The Morgan fingerprint density at radius 1 is 0.545 bits per heavy atom. The van der Waals surface area contributed by atoms with Crippen LogP contribution in [0.25, 0.3) is 11.1 Å². The molecule has 0 nitrogen and oxygen atoms in total. The minimum atomic E-state index is 1.26. The smallest absolute Gasteiger partial charge is 0.00762 e. The van der Waals surface area contributed by atoms with E-state index in [1.165, 1.54) is 33.4 Å². The molecule has 0 spiro atoms. The van der Waals surface area contributed by atoms with Crippen LogP contribution >= 0.6 is 0 Å². The summed E-state index contributed by atoms with van der Waals surface area (Å²) in [5, 5.41) is 0. The molecular weight excluding hydrogens is 264 g/mol. The van der Waals surface area contributed by atoms with Crippen molar-refractivity contribution >= 4 is 11.1 Å². The van der Waals surface area contributed by atoms with E-state index < -0.39 is 0 Å². The van der Waals surface area contributed by atoms with Crippen molar-refractivity contribution in [3.05, 3.63) is 107 Å². The van der Waals surface area contributed by atoms with Gasteiger partial charge in [-0.05, 0) is 41.7 Å². The summed E-state index contributed by atoms with van der Waals surface area (Å²) in [5.41, 5.74) is 7.67. The standard InChI is InChI=1S/C22H20/c1-17-13-15-21(16-14-17)22(20-11-7-4-8-12-20)18(2)19-9-5-3-6-10-19/h3-16H,1-2H3/b22-18-. The van der Waals surface area contributed by atoms with Gasteiger partial charge in [0, 0.05) is 0 Å². The molecule has 3 aromatic rings. The first-order chi connectivity index (χ1) is 10.8. The maximum atomic E-state index is 2.21. The lowest BCUT2D eigenvalue weighted by molar-refractivity contribution is 1.44. The van der Waals surface area contributed by atoms with E-state index in [0.717, 1.165) is 0 Å². The summed E-state index contributed by atoms with van der Waals surface area (Å²) in [7, 11) is 0. The van der Waals surface area contributed by atoms with Gasteiger partial charge in [0.2, 0.25) is 0 Å². The Morgan fingerprint density at radius 3 is 1.55 bits per heavy atom. The van der Waals surface area contributed by atoms with E-state index in [0.29, 0.717) is 0 Å². The molecule has 0 aromatic heterocycles. The second-order valence-corrected chi connectivity index (χ2v) is 5.60. The van der Waals surface area contributed by atoms with Gasteiger partial charge in [0.25, 0.3) is 0 Å². The highest BCUT2D eigenvalue weighted by atomic mass is 14.1. The summed E-state index contributed by atoms with van der Waals surface area (Å²) in [5.74, 6) is 0. The Hall–Kier alpha value is -2.60. The Labute approximate surface area is 132 Å². The number of aryl methyl sites for hydroxylation is 1. The molecule has 0 saturated heterocycles. The molecule has 3 aromatic carbocycles. The highest BCUT2D eigenvalue weighted by Crippen LogP contribution is 2.32. The third-order valence-electron chi connectivity index (χ3n) is 3.98. The Morgan fingerprint density at radius 2 is 1.00 bits per heavy atom. The van der Waals surface area contributed by atoms with Gasteiger partial charge in [-0.2, -0.15) is 0 Å². The molecule has 0 aliphatic heterocycles. The third kappa shape index (κ3) is 3.01. The Kier molecular flexibility index (Phi) is 4.20. The van der Waals surface area contributed by atoms with Crippen LogP contribution in [0.2, 0.25) is 0 Å². The van der Waals surface area contributed by atoms with Crippen molar-refractivity contribution in [3.8, 4) is 0 Å². The predicted octanol–water partition coefficient (Wildman–Crippen LogP) is 5.97. The van der Waals surface area contributed by atoms with Gasteiger partial charge in [-0.1, -0.05) is 90.5 Å². The molecule has 0 aliphatic rings. The molecule has 0 heteroatoms. The van der Waals surface area contributed by atoms with Crippen molar-refractivity contribution in [1.29, 1.82) is 0 Å². The lowest BCUT2D eigenvalue weighted by atomic mass is 9.90. The Balaban J connectivity index is 2.21. The van der Waals surface area contributed by atoms with Crippen molar-refractivity contribution in [3.63, 3.8) is 0 Å². The van der Waals surface area contributed by atoms with Crippen LogP contribution in [0.1, 0.15) is 29.2 Å². The largest absolute Gasteiger partial charge is 0.0622 e. The molecule has 0 aliphatic carbocycles. The van der Waals surface area contributed by atoms with Crippen LogP contribution in [0.4, 0.5) is 0 Å². The van der Waals surface area contributed by atoms with E-state index in [4.69, 9.17) is 0 Å². The zero-order chi connectivity index (χ0) is 15.4. The average Bonchev–Trinajstić information content (AvgIpc) is 2.58. The van der Waals surface area contributed by atoms with Crippen molar-refractivity contribution in [1.82, 2.24) is 0 Å². The van der Waals surface area contributed by atoms with Crippen molar-refractivity contribution in [2.45, 2.75) is 13.8 Å². The number of benzene rings is 3. The lowest BCUT2D eigenvalue weighted by Crippen LogP contribution is -1.93. The average molecular weight is 284 g/mol. The van der Waals surface area contributed by atoms with E-state index in [9.17, 15) is 0 Å². The van der Waals surface area contributed by atoms with Crippen molar-refractivity contribution < 1.29 is 0 Å². The van der Waals surface area contributed by atoms with E-state index >= 15 is 0 Å². The zero-order valence-corrected chi connectivity index (χ0v) is 13.1. The molecule has 0 radical (unpaired) electrons. The molecule has 0 saturated carbocycles. The molecule has 0 atom stereocenters. The fraction of sp³-hybridized carbons (Fsp3) is 0.0909. The van der Waals surface area contributed by atoms with Crippen molar-refractivity contribution in [2.75, 3.05) is 0 Å². The van der Waals surface area contributed by atoms with Crippen LogP contribution in [-0.4, -0.2) is 0 Å². The minimum Gasteiger partial charge on any atom is -0.0622 e. The zero-order valence-electron chi connectivity index (χ0n) is 13.1. The summed E-state index contributed by atoms with van der Waals surface area (Å²) < 4.78 is 0. The maximum absolute atomic E-state index is 2.21. The van der Waals surface area contributed by atoms with Gasteiger partial charge in [0.1, 0.15) is 0 Å². The molecule has 22 heavy (non-hydrogen) atoms. The van der Waals surface area contributed by atoms with Crippen LogP contribution in [0.5, 0.6) is 0 Å². The van der Waals surface area contributed by atoms with Crippen molar-refractivity contribution in [2.24, 2.45) is 0 Å². The van der Waals surface area contributed by atoms with E-state index in [1.54, 1.807) is 0 Å². The SMILES string of the molecule is C/C(=C(\c1ccccc1)c1ccc(C)cc1)c1ccccc1. The minimum absolute atomic E-state index is 1.26. The second-order valence-electron chi connectivity index (χ2n) is 5.60. The second kappa shape index (κ2) is 6.44. The maximum Gasteiger partial charge on any atom is -0.00762 e. The highest BCUT2D eigenvalue weighted by molar-refractivity contribution is 5.97. The third-order valence-corrected chi connectivity index (χ3v) is 3.98. The van der Waals surface area contributed by atoms with Gasteiger partial charge < -0.3 is 0 Å². The summed E-state index contributed by atoms with van der Waals surface area (Å²) in [6, 6.07) is 30.0. The van der Waals surface area contributed by atoms with Crippen LogP contribution < -0.4 is 0 Å². The van der Waals surface area contributed by atoms with Gasteiger partial charge in [0.05, 0.1) is 0 Å². The normalized spacial score (nSPS) is 11.9. The predicted molar refractivity (Wildman–Crippen MR) is 95.7 cm³/mol. The summed E-state index contributed by atoms with van der Waals surface area (Å²) >= 11 is 0. The van der Waals surface area contributed by atoms with Crippen LogP contribution in [0, 0.1) is 6.92 Å². The molecule has 108 valence electrons. The fourth-order valence-electron chi connectivity index (χ4n) is 2.76. The number of rotatable bonds is 3. The van der Waals surface area contributed by atoms with E-state index in [2.05, 4.69) is 98.8 Å². The molecule has 0 heterocycles. The molecule has 0 amide bonds. The highest BCUT2D eigenvalue weighted by Gasteiger charge is 2.10.